The van der Waals surface area contributed by atoms with E-state index >= 15 is 0 Å². The van der Waals surface area contributed by atoms with E-state index in [2.05, 4.69) is 41.1 Å². The molecule has 12 heavy (non-hydrogen) atoms. The molecular formula is C10H12BrN. The van der Waals surface area contributed by atoms with Gasteiger partial charge in [-0.2, -0.15) is 0 Å². The molecule has 0 saturated heterocycles. The zero-order chi connectivity index (χ0) is 8.97. The van der Waals surface area contributed by atoms with Crippen LogP contribution >= 0.6 is 15.9 Å². The first kappa shape index (κ1) is 9.49. The zero-order valence-corrected chi connectivity index (χ0v) is 8.64. The molecule has 0 aliphatic rings. The van der Waals surface area contributed by atoms with Gasteiger partial charge < -0.3 is 5.73 Å². The van der Waals surface area contributed by atoms with Gasteiger partial charge in [0.2, 0.25) is 0 Å². The van der Waals surface area contributed by atoms with Crippen LogP contribution in [0.25, 0.3) is 6.08 Å². The summed E-state index contributed by atoms with van der Waals surface area (Å²) in [5.74, 6) is 0. The van der Waals surface area contributed by atoms with Crippen molar-refractivity contribution in [2.24, 2.45) is 5.73 Å². The second-order valence-corrected chi connectivity index (χ2v) is 3.50. The molecule has 0 bridgehead atoms. The van der Waals surface area contributed by atoms with Crippen LogP contribution in [-0.2, 0) is 0 Å². The average Bonchev–Trinajstić information content (AvgIpc) is 2.07. The lowest BCUT2D eigenvalue weighted by molar-refractivity contribution is 1.26. The van der Waals surface area contributed by atoms with Gasteiger partial charge in [-0.1, -0.05) is 40.2 Å². The topological polar surface area (TPSA) is 26.0 Å². The van der Waals surface area contributed by atoms with Crippen LogP contribution in [0.4, 0.5) is 0 Å². The predicted molar refractivity (Wildman–Crippen MR) is 57.0 cm³/mol. The van der Waals surface area contributed by atoms with Crippen molar-refractivity contribution in [3.05, 3.63) is 39.9 Å². The Morgan fingerprint density at radius 1 is 1.50 bits per heavy atom. The number of benzene rings is 1. The Balaban J connectivity index is 2.89. The van der Waals surface area contributed by atoms with Crippen molar-refractivity contribution in [1.29, 1.82) is 0 Å². The van der Waals surface area contributed by atoms with Crippen molar-refractivity contribution in [2.75, 3.05) is 6.54 Å². The molecule has 0 aliphatic heterocycles. The standard InChI is InChI=1S/C10H12BrN/c1-8-4-5-9(3-2-6-12)7-10(8)11/h2-5,7H,6,12H2,1H3/b3-2+. The Labute approximate surface area is 81.4 Å². The summed E-state index contributed by atoms with van der Waals surface area (Å²) < 4.78 is 1.14. The molecule has 0 aromatic heterocycles. The summed E-state index contributed by atoms with van der Waals surface area (Å²) in [6, 6.07) is 6.24. The van der Waals surface area contributed by atoms with Gasteiger partial charge in [0.05, 0.1) is 0 Å². The van der Waals surface area contributed by atoms with Crippen LogP contribution in [0.3, 0.4) is 0 Å². The van der Waals surface area contributed by atoms with E-state index in [0.717, 1.165) is 4.47 Å². The third kappa shape index (κ3) is 2.47. The third-order valence-corrected chi connectivity index (χ3v) is 2.50. The molecule has 1 rings (SSSR count). The first-order valence-corrected chi connectivity index (χ1v) is 4.66. The summed E-state index contributed by atoms with van der Waals surface area (Å²) in [7, 11) is 0. The van der Waals surface area contributed by atoms with E-state index in [1.807, 2.05) is 12.2 Å². The highest BCUT2D eigenvalue weighted by molar-refractivity contribution is 9.10. The molecule has 0 radical (unpaired) electrons. The lowest BCUT2D eigenvalue weighted by atomic mass is 10.1. The largest absolute Gasteiger partial charge is 0.327 e. The minimum Gasteiger partial charge on any atom is -0.327 e. The Kier molecular flexibility index (Phi) is 3.50. The molecule has 1 aromatic rings. The third-order valence-electron chi connectivity index (χ3n) is 1.64. The Morgan fingerprint density at radius 2 is 2.25 bits per heavy atom. The smallest absolute Gasteiger partial charge is 0.0210 e. The SMILES string of the molecule is Cc1ccc(/C=C/CN)cc1Br. The van der Waals surface area contributed by atoms with Gasteiger partial charge >= 0.3 is 0 Å². The van der Waals surface area contributed by atoms with Crippen molar-refractivity contribution in [3.63, 3.8) is 0 Å². The van der Waals surface area contributed by atoms with E-state index in [4.69, 9.17) is 5.73 Å². The lowest BCUT2D eigenvalue weighted by Gasteiger charge is -1.98. The summed E-state index contributed by atoms with van der Waals surface area (Å²) in [4.78, 5) is 0. The predicted octanol–water partition coefficient (Wildman–Crippen LogP) is 2.73. The number of hydrogen-bond acceptors (Lipinski definition) is 1. The quantitative estimate of drug-likeness (QED) is 0.824. The molecule has 1 nitrogen and oxygen atoms in total. The van der Waals surface area contributed by atoms with E-state index in [-0.39, 0.29) is 0 Å². The van der Waals surface area contributed by atoms with Crippen LogP contribution in [0, 0.1) is 6.92 Å². The second-order valence-electron chi connectivity index (χ2n) is 2.65. The van der Waals surface area contributed by atoms with Gasteiger partial charge in [-0.25, -0.2) is 0 Å². The number of hydrogen-bond donors (Lipinski definition) is 1. The fourth-order valence-electron chi connectivity index (χ4n) is 0.917. The highest BCUT2D eigenvalue weighted by Crippen LogP contribution is 2.17. The maximum absolute atomic E-state index is 5.35. The number of halogens is 1. The number of rotatable bonds is 2. The normalized spacial score (nSPS) is 10.9. The van der Waals surface area contributed by atoms with Gasteiger partial charge in [0.25, 0.3) is 0 Å². The van der Waals surface area contributed by atoms with Crippen LogP contribution in [0.5, 0.6) is 0 Å². The molecule has 2 N–H and O–H groups in total. The van der Waals surface area contributed by atoms with Crippen LogP contribution < -0.4 is 5.73 Å². The van der Waals surface area contributed by atoms with Gasteiger partial charge in [-0.05, 0) is 24.1 Å². The van der Waals surface area contributed by atoms with Gasteiger partial charge in [-0.15, -0.1) is 0 Å². The van der Waals surface area contributed by atoms with E-state index in [1.54, 1.807) is 0 Å². The zero-order valence-electron chi connectivity index (χ0n) is 7.05. The molecule has 0 atom stereocenters. The Morgan fingerprint density at radius 3 is 2.83 bits per heavy atom. The molecule has 0 fully saturated rings. The minimum absolute atomic E-state index is 0.589. The minimum atomic E-state index is 0.589. The Bertz CT molecular complexity index is 292. The van der Waals surface area contributed by atoms with Crippen molar-refractivity contribution >= 4 is 22.0 Å². The molecule has 0 aliphatic carbocycles. The second kappa shape index (κ2) is 4.43. The molecule has 0 spiro atoms. The maximum atomic E-state index is 5.35. The van der Waals surface area contributed by atoms with E-state index in [0.29, 0.717) is 6.54 Å². The summed E-state index contributed by atoms with van der Waals surface area (Å²) in [6.07, 6.45) is 3.96. The van der Waals surface area contributed by atoms with Gasteiger partial charge in [0.15, 0.2) is 0 Å². The molecule has 0 amide bonds. The summed E-state index contributed by atoms with van der Waals surface area (Å²) >= 11 is 3.47. The first-order chi connectivity index (χ1) is 5.74. The molecular weight excluding hydrogens is 214 g/mol. The first-order valence-electron chi connectivity index (χ1n) is 3.87. The summed E-state index contributed by atoms with van der Waals surface area (Å²) in [6.45, 7) is 2.66. The van der Waals surface area contributed by atoms with Gasteiger partial charge in [0.1, 0.15) is 0 Å². The van der Waals surface area contributed by atoms with Gasteiger partial charge in [-0.3, -0.25) is 0 Å². The van der Waals surface area contributed by atoms with Crippen LogP contribution in [-0.4, -0.2) is 6.54 Å². The van der Waals surface area contributed by atoms with E-state index < -0.39 is 0 Å². The van der Waals surface area contributed by atoms with E-state index in [1.165, 1.54) is 11.1 Å². The van der Waals surface area contributed by atoms with Crippen LogP contribution in [0.2, 0.25) is 0 Å². The molecule has 0 heterocycles. The summed E-state index contributed by atoms with van der Waals surface area (Å²) in [5.41, 5.74) is 7.77. The van der Waals surface area contributed by atoms with E-state index in [9.17, 15) is 0 Å². The molecule has 0 unspecified atom stereocenters. The maximum Gasteiger partial charge on any atom is 0.0210 e. The van der Waals surface area contributed by atoms with Crippen LogP contribution in [0.1, 0.15) is 11.1 Å². The monoisotopic (exact) mass is 225 g/mol. The lowest BCUT2D eigenvalue weighted by Crippen LogP contribution is -1.91. The highest BCUT2D eigenvalue weighted by Gasteiger charge is 1.93. The molecule has 64 valence electrons. The van der Waals surface area contributed by atoms with Crippen molar-refractivity contribution in [2.45, 2.75) is 6.92 Å². The van der Waals surface area contributed by atoms with Crippen LogP contribution in [0.15, 0.2) is 28.7 Å². The van der Waals surface area contributed by atoms with Crippen molar-refractivity contribution in [1.82, 2.24) is 0 Å². The van der Waals surface area contributed by atoms with Crippen molar-refractivity contribution in [3.8, 4) is 0 Å². The molecule has 2 heteroatoms. The molecule has 0 saturated carbocycles. The summed E-state index contributed by atoms with van der Waals surface area (Å²) in [5, 5.41) is 0. The average molecular weight is 226 g/mol. The fourth-order valence-corrected chi connectivity index (χ4v) is 1.31. The fraction of sp³-hybridized carbons (Fsp3) is 0.200. The van der Waals surface area contributed by atoms with Crippen molar-refractivity contribution < 1.29 is 0 Å². The number of aryl methyl sites for hydroxylation is 1. The highest BCUT2D eigenvalue weighted by atomic mass is 79.9. The Hall–Kier alpha value is -0.600. The number of nitrogens with two attached hydrogens (primary N) is 1. The van der Waals surface area contributed by atoms with Gasteiger partial charge in [0, 0.05) is 11.0 Å². The molecule has 1 aromatic carbocycles.